The molecule has 0 aliphatic rings. The van der Waals surface area contributed by atoms with Crippen molar-refractivity contribution in [3.63, 3.8) is 0 Å². The van der Waals surface area contributed by atoms with Crippen LogP contribution in [0.4, 0.5) is 0 Å². The molecular formula is C4H12N2S. The standard InChI is InChI=1S/C4H12N2S/c1-3(5)7-4(2)6/h3-4H,5-6H2,1-2H3/t3-,4-/m0/s1. The molecule has 0 aliphatic heterocycles. The van der Waals surface area contributed by atoms with Gasteiger partial charge >= 0.3 is 0 Å². The molecule has 0 aliphatic carbocycles. The predicted octanol–water partition coefficient (Wildman–Crippen LogP) is 0.329. The molecule has 0 saturated heterocycles. The Kier molecular flexibility index (Phi) is 3.42. The van der Waals surface area contributed by atoms with E-state index >= 15 is 0 Å². The van der Waals surface area contributed by atoms with Gasteiger partial charge in [0.05, 0.1) is 0 Å². The van der Waals surface area contributed by atoms with Crippen LogP contribution in [0.1, 0.15) is 13.8 Å². The molecule has 44 valence electrons. The smallest absolute Gasteiger partial charge is 0.0494 e. The second-order valence-corrected chi connectivity index (χ2v) is 3.31. The Morgan fingerprint density at radius 3 is 1.43 bits per heavy atom. The Bertz CT molecular complexity index is 39.0. The molecule has 0 fully saturated rings. The topological polar surface area (TPSA) is 52.0 Å². The Hall–Kier alpha value is 0.270. The van der Waals surface area contributed by atoms with Gasteiger partial charge in [-0.3, -0.25) is 0 Å². The zero-order valence-electron chi connectivity index (χ0n) is 4.72. The molecule has 2 atom stereocenters. The van der Waals surface area contributed by atoms with Gasteiger partial charge in [-0.2, -0.15) is 0 Å². The molecule has 0 spiro atoms. The van der Waals surface area contributed by atoms with Gasteiger partial charge in [-0.1, -0.05) is 0 Å². The molecule has 3 heteroatoms. The maximum Gasteiger partial charge on any atom is 0.0494 e. The number of thioether (sulfide) groups is 1. The molecule has 0 amide bonds. The zero-order chi connectivity index (χ0) is 5.86. The minimum Gasteiger partial charge on any atom is -0.320 e. The van der Waals surface area contributed by atoms with E-state index in [1.54, 1.807) is 11.8 Å². The van der Waals surface area contributed by atoms with Gasteiger partial charge in [0.15, 0.2) is 0 Å². The molecule has 2 nitrogen and oxygen atoms in total. The maximum absolute atomic E-state index is 5.38. The summed E-state index contributed by atoms with van der Waals surface area (Å²) in [5.41, 5.74) is 10.8. The van der Waals surface area contributed by atoms with E-state index in [4.69, 9.17) is 11.5 Å². The van der Waals surface area contributed by atoms with E-state index in [1.165, 1.54) is 0 Å². The lowest BCUT2D eigenvalue weighted by Gasteiger charge is -2.06. The molecule has 0 radical (unpaired) electrons. The predicted molar refractivity (Wildman–Crippen MR) is 34.9 cm³/mol. The molecule has 0 bridgehead atoms. The van der Waals surface area contributed by atoms with E-state index in [1.807, 2.05) is 13.8 Å². The van der Waals surface area contributed by atoms with Gasteiger partial charge in [0.1, 0.15) is 0 Å². The quantitative estimate of drug-likeness (QED) is 0.516. The summed E-state index contributed by atoms with van der Waals surface area (Å²) in [6.45, 7) is 3.85. The van der Waals surface area contributed by atoms with Gasteiger partial charge in [0, 0.05) is 10.7 Å². The highest BCUT2D eigenvalue weighted by Crippen LogP contribution is 2.06. The fraction of sp³-hybridized carbons (Fsp3) is 1.00. The summed E-state index contributed by atoms with van der Waals surface area (Å²) in [7, 11) is 0. The van der Waals surface area contributed by atoms with Crippen molar-refractivity contribution in [2.45, 2.75) is 24.6 Å². The minimum absolute atomic E-state index is 0.167. The first-order valence-electron chi connectivity index (χ1n) is 2.29. The van der Waals surface area contributed by atoms with E-state index < -0.39 is 0 Å². The summed E-state index contributed by atoms with van der Waals surface area (Å²) < 4.78 is 0. The molecule has 0 unspecified atom stereocenters. The number of rotatable bonds is 2. The van der Waals surface area contributed by atoms with E-state index in [2.05, 4.69) is 0 Å². The van der Waals surface area contributed by atoms with Crippen LogP contribution >= 0.6 is 11.8 Å². The third-order valence-electron chi connectivity index (χ3n) is 0.429. The third-order valence-corrected chi connectivity index (χ3v) is 1.29. The van der Waals surface area contributed by atoms with E-state index in [0.29, 0.717) is 0 Å². The average molecular weight is 120 g/mol. The number of hydrogen-bond donors (Lipinski definition) is 2. The summed E-state index contributed by atoms with van der Waals surface area (Å²) in [6, 6.07) is 0. The van der Waals surface area contributed by atoms with Crippen LogP contribution in [0.5, 0.6) is 0 Å². The van der Waals surface area contributed by atoms with Crippen LogP contribution in [-0.4, -0.2) is 10.7 Å². The summed E-state index contributed by atoms with van der Waals surface area (Å²) in [4.78, 5) is 0. The lowest BCUT2D eigenvalue weighted by molar-refractivity contribution is 0.987. The van der Waals surface area contributed by atoms with Crippen LogP contribution in [0.2, 0.25) is 0 Å². The highest BCUT2D eigenvalue weighted by molar-refractivity contribution is 8.00. The molecule has 0 aromatic rings. The van der Waals surface area contributed by atoms with Gasteiger partial charge in [-0.25, -0.2) is 0 Å². The van der Waals surface area contributed by atoms with Gasteiger partial charge in [-0.05, 0) is 13.8 Å². The number of hydrogen-bond acceptors (Lipinski definition) is 3. The van der Waals surface area contributed by atoms with Crippen molar-refractivity contribution in [1.82, 2.24) is 0 Å². The van der Waals surface area contributed by atoms with Crippen molar-refractivity contribution in [2.24, 2.45) is 11.5 Å². The first-order valence-corrected chi connectivity index (χ1v) is 3.24. The Morgan fingerprint density at radius 1 is 1.14 bits per heavy atom. The molecule has 0 aromatic heterocycles. The first-order chi connectivity index (χ1) is 3.13. The van der Waals surface area contributed by atoms with Crippen molar-refractivity contribution in [3.05, 3.63) is 0 Å². The Labute approximate surface area is 48.6 Å². The van der Waals surface area contributed by atoms with Crippen LogP contribution < -0.4 is 11.5 Å². The largest absolute Gasteiger partial charge is 0.320 e. The van der Waals surface area contributed by atoms with Gasteiger partial charge in [-0.15, -0.1) is 11.8 Å². The van der Waals surface area contributed by atoms with E-state index in [0.717, 1.165) is 0 Å². The van der Waals surface area contributed by atoms with Crippen LogP contribution in [0, 0.1) is 0 Å². The van der Waals surface area contributed by atoms with Gasteiger partial charge < -0.3 is 11.5 Å². The molecule has 0 heterocycles. The Balaban J connectivity index is 2.95. The molecule has 0 saturated carbocycles. The van der Waals surface area contributed by atoms with Crippen LogP contribution in [0.25, 0.3) is 0 Å². The summed E-state index contributed by atoms with van der Waals surface area (Å²) >= 11 is 1.56. The van der Waals surface area contributed by atoms with Crippen molar-refractivity contribution in [2.75, 3.05) is 0 Å². The number of nitrogens with two attached hydrogens (primary N) is 2. The molecule has 4 N–H and O–H groups in total. The fourth-order valence-electron chi connectivity index (χ4n) is 0.339. The lowest BCUT2D eigenvalue weighted by atomic mass is 10.8. The first kappa shape index (κ1) is 7.27. The SMILES string of the molecule is C[C@@H](N)S[C@@H](C)N. The van der Waals surface area contributed by atoms with E-state index in [-0.39, 0.29) is 10.7 Å². The second kappa shape index (κ2) is 3.29. The van der Waals surface area contributed by atoms with Crippen molar-refractivity contribution >= 4 is 11.8 Å². The molecular weight excluding hydrogens is 108 g/mol. The monoisotopic (exact) mass is 120 g/mol. The van der Waals surface area contributed by atoms with Gasteiger partial charge in [0.2, 0.25) is 0 Å². The fourth-order valence-corrected chi connectivity index (χ4v) is 1.02. The van der Waals surface area contributed by atoms with Crippen molar-refractivity contribution < 1.29 is 0 Å². The highest BCUT2D eigenvalue weighted by atomic mass is 32.2. The molecule has 0 rings (SSSR count). The zero-order valence-corrected chi connectivity index (χ0v) is 5.53. The average Bonchev–Trinajstić information content (AvgIpc) is 1.27. The maximum atomic E-state index is 5.38. The summed E-state index contributed by atoms with van der Waals surface area (Å²) in [6.07, 6.45) is 0. The lowest BCUT2D eigenvalue weighted by Crippen LogP contribution is -2.19. The molecule has 7 heavy (non-hydrogen) atoms. The minimum atomic E-state index is 0.167. The van der Waals surface area contributed by atoms with Crippen LogP contribution in [0.15, 0.2) is 0 Å². The van der Waals surface area contributed by atoms with Crippen molar-refractivity contribution in [3.8, 4) is 0 Å². The summed E-state index contributed by atoms with van der Waals surface area (Å²) in [5.74, 6) is 0. The van der Waals surface area contributed by atoms with Gasteiger partial charge in [0.25, 0.3) is 0 Å². The summed E-state index contributed by atoms with van der Waals surface area (Å²) in [5, 5.41) is 0.333. The normalized spacial score (nSPS) is 18.9. The van der Waals surface area contributed by atoms with E-state index in [9.17, 15) is 0 Å². The van der Waals surface area contributed by atoms with Crippen LogP contribution in [0.3, 0.4) is 0 Å². The second-order valence-electron chi connectivity index (χ2n) is 1.55. The molecule has 0 aromatic carbocycles. The Morgan fingerprint density at radius 2 is 1.43 bits per heavy atom. The van der Waals surface area contributed by atoms with Crippen molar-refractivity contribution in [1.29, 1.82) is 0 Å². The van der Waals surface area contributed by atoms with Crippen LogP contribution in [-0.2, 0) is 0 Å². The highest BCUT2D eigenvalue weighted by Gasteiger charge is 1.96. The third kappa shape index (κ3) is 6.27.